The summed E-state index contributed by atoms with van der Waals surface area (Å²) in [6.45, 7) is 2.32. The van der Waals surface area contributed by atoms with Crippen LogP contribution in [0.3, 0.4) is 0 Å². The minimum absolute atomic E-state index is 0.0171. The first-order valence-corrected chi connectivity index (χ1v) is 7.30. The van der Waals surface area contributed by atoms with E-state index in [0.29, 0.717) is 0 Å². The van der Waals surface area contributed by atoms with Crippen LogP contribution in [0.5, 0.6) is 0 Å². The lowest BCUT2D eigenvalue weighted by Crippen LogP contribution is -2.18. The van der Waals surface area contributed by atoms with Crippen molar-refractivity contribution in [2.24, 2.45) is 5.14 Å². The lowest BCUT2D eigenvalue weighted by Gasteiger charge is -2.07. The number of sulfonamides is 1. The molecule has 0 unspecified atom stereocenters. The average Bonchev–Trinajstić information content (AvgIpc) is 2.33. The number of rotatable bonds is 6. The molecule has 0 saturated heterocycles. The molecule has 18 heavy (non-hydrogen) atoms. The number of hydrogen-bond acceptors (Lipinski definition) is 4. The number of ether oxygens (including phenoxy) is 1. The quantitative estimate of drug-likeness (QED) is 0.630. The SMILES string of the molecule is CCCCCOC(=O)c1ccccc1S(N)(=O)=O. The second kappa shape index (κ2) is 6.51. The van der Waals surface area contributed by atoms with E-state index >= 15 is 0 Å². The second-order valence-electron chi connectivity index (χ2n) is 3.88. The number of unbranched alkanes of at least 4 members (excludes halogenated alkanes) is 2. The van der Waals surface area contributed by atoms with Gasteiger partial charge < -0.3 is 4.74 Å². The Morgan fingerprint density at radius 1 is 1.28 bits per heavy atom. The van der Waals surface area contributed by atoms with Gasteiger partial charge in [0.15, 0.2) is 0 Å². The zero-order chi connectivity index (χ0) is 13.6. The van der Waals surface area contributed by atoms with Gasteiger partial charge in [0.2, 0.25) is 10.0 Å². The molecule has 1 rings (SSSR count). The van der Waals surface area contributed by atoms with E-state index < -0.39 is 16.0 Å². The third-order valence-corrected chi connectivity index (χ3v) is 3.36. The van der Waals surface area contributed by atoms with Crippen LogP contribution >= 0.6 is 0 Å². The number of carbonyl (C=O) groups is 1. The third kappa shape index (κ3) is 4.12. The number of hydrogen-bond donors (Lipinski definition) is 1. The summed E-state index contributed by atoms with van der Waals surface area (Å²) in [5.41, 5.74) is -0.0171. The van der Waals surface area contributed by atoms with Crippen molar-refractivity contribution in [1.82, 2.24) is 0 Å². The van der Waals surface area contributed by atoms with E-state index in [-0.39, 0.29) is 17.1 Å². The fraction of sp³-hybridized carbons (Fsp3) is 0.417. The molecule has 2 N–H and O–H groups in total. The summed E-state index contributed by atoms with van der Waals surface area (Å²) in [6.07, 6.45) is 2.75. The normalized spacial score (nSPS) is 11.2. The number of carbonyl (C=O) groups excluding carboxylic acids is 1. The van der Waals surface area contributed by atoms with Gasteiger partial charge >= 0.3 is 5.97 Å². The maximum Gasteiger partial charge on any atom is 0.339 e. The number of primary sulfonamides is 1. The van der Waals surface area contributed by atoms with Gasteiger partial charge in [-0.05, 0) is 18.6 Å². The van der Waals surface area contributed by atoms with Crippen molar-refractivity contribution in [2.75, 3.05) is 6.61 Å². The van der Waals surface area contributed by atoms with Crippen molar-refractivity contribution < 1.29 is 17.9 Å². The highest BCUT2D eigenvalue weighted by Crippen LogP contribution is 2.15. The predicted molar refractivity (Wildman–Crippen MR) is 67.6 cm³/mol. The van der Waals surface area contributed by atoms with Gasteiger partial charge in [-0.25, -0.2) is 18.4 Å². The first-order chi connectivity index (χ1) is 8.46. The van der Waals surface area contributed by atoms with Crippen LogP contribution in [0.4, 0.5) is 0 Å². The highest BCUT2D eigenvalue weighted by atomic mass is 32.2. The van der Waals surface area contributed by atoms with Gasteiger partial charge in [0.1, 0.15) is 0 Å². The molecule has 0 saturated carbocycles. The van der Waals surface area contributed by atoms with Gasteiger partial charge in [-0.3, -0.25) is 0 Å². The summed E-state index contributed by atoms with van der Waals surface area (Å²) in [5, 5.41) is 5.04. The van der Waals surface area contributed by atoms with Crippen LogP contribution < -0.4 is 5.14 Å². The van der Waals surface area contributed by atoms with E-state index in [9.17, 15) is 13.2 Å². The lowest BCUT2D eigenvalue weighted by atomic mass is 10.2. The van der Waals surface area contributed by atoms with Gasteiger partial charge in [-0.2, -0.15) is 0 Å². The minimum atomic E-state index is -3.91. The summed E-state index contributed by atoms with van der Waals surface area (Å²) >= 11 is 0. The van der Waals surface area contributed by atoms with Crippen LogP contribution in [0, 0.1) is 0 Å². The third-order valence-electron chi connectivity index (χ3n) is 2.39. The number of benzene rings is 1. The predicted octanol–water partition coefficient (Wildman–Crippen LogP) is 1.68. The first kappa shape index (κ1) is 14.7. The van der Waals surface area contributed by atoms with Gasteiger partial charge in [-0.1, -0.05) is 31.9 Å². The molecule has 100 valence electrons. The van der Waals surface area contributed by atoms with Crippen molar-refractivity contribution in [1.29, 1.82) is 0 Å². The van der Waals surface area contributed by atoms with Crippen LogP contribution in [0.1, 0.15) is 36.5 Å². The van der Waals surface area contributed by atoms with Gasteiger partial charge in [0, 0.05) is 0 Å². The fourth-order valence-electron chi connectivity index (χ4n) is 1.48. The maximum atomic E-state index is 11.7. The Morgan fingerprint density at radius 2 is 1.94 bits per heavy atom. The Kier molecular flexibility index (Phi) is 5.30. The van der Waals surface area contributed by atoms with E-state index in [1.54, 1.807) is 6.07 Å². The van der Waals surface area contributed by atoms with Crippen molar-refractivity contribution in [2.45, 2.75) is 31.1 Å². The Morgan fingerprint density at radius 3 is 2.56 bits per heavy atom. The van der Waals surface area contributed by atoms with E-state index in [4.69, 9.17) is 9.88 Å². The van der Waals surface area contributed by atoms with Crippen molar-refractivity contribution in [3.8, 4) is 0 Å². The molecular formula is C12H17NO4S. The summed E-state index contributed by atoms with van der Waals surface area (Å²) < 4.78 is 27.6. The molecule has 6 heteroatoms. The highest BCUT2D eigenvalue weighted by molar-refractivity contribution is 7.89. The van der Waals surface area contributed by atoms with E-state index in [2.05, 4.69) is 0 Å². The second-order valence-corrected chi connectivity index (χ2v) is 5.41. The highest BCUT2D eigenvalue weighted by Gasteiger charge is 2.19. The van der Waals surface area contributed by atoms with E-state index in [1.165, 1.54) is 18.2 Å². The maximum absolute atomic E-state index is 11.7. The van der Waals surface area contributed by atoms with Crippen LogP contribution in [0.15, 0.2) is 29.2 Å². The molecule has 0 amide bonds. The molecule has 0 fully saturated rings. The number of nitrogens with two attached hydrogens (primary N) is 1. The summed E-state index contributed by atoms with van der Waals surface area (Å²) in [7, 11) is -3.91. The van der Waals surface area contributed by atoms with Gasteiger partial charge in [0.25, 0.3) is 0 Å². The molecule has 0 radical (unpaired) electrons. The lowest BCUT2D eigenvalue weighted by molar-refractivity contribution is 0.0493. The Labute approximate surface area is 107 Å². The summed E-state index contributed by atoms with van der Waals surface area (Å²) in [4.78, 5) is 11.5. The molecule has 1 aromatic carbocycles. The van der Waals surface area contributed by atoms with Crippen molar-refractivity contribution >= 4 is 16.0 Å². The molecule has 5 nitrogen and oxygen atoms in total. The summed E-state index contributed by atoms with van der Waals surface area (Å²) in [6, 6.07) is 5.75. The Balaban J connectivity index is 2.80. The molecule has 0 spiro atoms. The van der Waals surface area contributed by atoms with Crippen molar-refractivity contribution in [3.05, 3.63) is 29.8 Å². The molecule has 0 aromatic heterocycles. The monoisotopic (exact) mass is 271 g/mol. The topological polar surface area (TPSA) is 86.5 Å². The number of esters is 1. The zero-order valence-electron chi connectivity index (χ0n) is 10.3. The van der Waals surface area contributed by atoms with Crippen LogP contribution in [0.25, 0.3) is 0 Å². The zero-order valence-corrected chi connectivity index (χ0v) is 11.1. The first-order valence-electron chi connectivity index (χ1n) is 5.75. The summed E-state index contributed by atoms with van der Waals surface area (Å²) in [5.74, 6) is -0.657. The van der Waals surface area contributed by atoms with E-state index in [1.807, 2.05) is 6.92 Å². The largest absolute Gasteiger partial charge is 0.462 e. The molecule has 0 aliphatic carbocycles. The molecular weight excluding hydrogens is 254 g/mol. The molecule has 0 heterocycles. The van der Waals surface area contributed by atoms with Gasteiger partial charge in [-0.15, -0.1) is 0 Å². The molecule has 0 aliphatic heterocycles. The molecule has 1 aromatic rings. The fourth-order valence-corrected chi connectivity index (χ4v) is 2.20. The molecule has 0 bridgehead atoms. The Hall–Kier alpha value is -1.40. The van der Waals surface area contributed by atoms with E-state index in [0.717, 1.165) is 19.3 Å². The van der Waals surface area contributed by atoms with Gasteiger partial charge in [0.05, 0.1) is 17.1 Å². The minimum Gasteiger partial charge on any atom is -0.462 e. The molecule has 0 atom stereocenters. The Bertz CT molecular complexity index is 511. The van der Waals surface area contributed by atoms with Crippen LogP contribution in [-0.2, 0) is 14.8 Å². The van der Waals surface area contributed by atoms with Crippen molar-refractivity contribution in [3.63, 3.8) is 0 Å². The van der Waals surface area contributed by atoms with Crippen LogP contribution in [-0.4, -0.2) is 21.0 Å². The average molecular weight is 271 g/mol. The smallest absolute Gasteiger partial charge is 0.339 e. The standard InChI is InChI=1S/C12H17NO4S/c1-2-3-6-9-17-12(14)10-7-4-5-8-11(10)18(13,15)16/h4-5,7-8H,2-3,6,9H2,1H3,(H2,13,15,16). The van der Waals surface area contributed by atoms with Crippen LogP contribution in [0.2, 0.25) is 0 Å². The molecule has 0 aliphatic rings.